The summed E-state index contributed by atoms with van der Waals surface area (Å²) in [5.74, 6) is -3.37. The number of halogens is 3. The number of thioether (sulfide) groups is 1. The molecule has 2 aliphatic rings. The van der Waals surface area contributed by atoms with Crippen LogP contribution in [0.3, 0.4) is 0 Å². The van der Waals surface area contributed by atoms with Gasteiger partial charge in [-0.15, -0.1) is 11.8 Å². The molecule has 0 spiro atoms. The Morgan fingerprint density at radius 3 is 2.50 bits per heavy atom. The molecule has 11 heteroatoms. The molecular weight excluding hydrogens is 536 g/mol. The van der Waals surface area contributed by atoms with Crippen LogP contribution in [0.15, 0.2) is 47.4 Å². The van der Waals surface area contributed by atoms with Crippen LogP contribution >= 0.6 is 23.4 Å². The van der Waals surface area contributed by atoms with E-state index >= 15 is 0 Å². The number of amides is 3. The van der Waals surface area contributed by atoms with Crippen LogP contribution in [0, 0.1) is 0 Å². The molecule has 3 amide bonds. The smallest absolute Gasteiger partial charge is 0.408 e. The number of benzene rings is 2. The number of nitrogens with one attached hydrogen (secondary N) is 2. The first-order valence-electron chi connectivity index (χ1n) is 12.3. The number of rotatable bonds is 5. The van der Waals surface area contributed by atoms with Crippen LogP contribution < -0.4 is 15.5 Å². The van der Waals surface area contributed by atoms with Gasteiger partial charge in [0.25, 0.3) is 11.8 Å². The van der Waals surface area contributed by atoms with Gasteiger partial charge in [0.05, 0.1) is 12.2 Å². The van der Waals surface area contributed by atoms with E-state index in [4.69, 9.17) is 16.3 Å². The molecule has 1 saturated carbocycles. The molecule has 2 atom stereocenters. The van der Waals surface area contributed by atoms with Gasteiger partial charge in [-0.05, 0) is 63.1 Å². The average Bonchev–Trinajstić information content (AvgIpc) is 3.11. The molecule has 38 heavy (non-hydrogen) atoms. The van der Waals surface area contributed by atoms with Gasteiger partial charge in [0.1, 0.15) is 11.6 Å². The number of anilines is 1. The van der Waals surface area contributed by atoms with Crippen LogP contribution in [-0.4, -0.2) is 47.3 Å². The molecule has 0 radical (unpaired) electrons. The molecule has 204 valence electrons. The maximum atomic E-state index is 13.7. The number of fused-ring (bicyclic) bond motifs is 1. The Morgan fingerprint density at radius 2 is 1.87 bits per heavy atom. The normalized spacial score (nSPS) is 20.9. The highest BCUT2D eigenvalue weighted by molar-refractivity contribution is 7.99. The number of carbonyl (C=O) groups is 3. The Hall–Kier alpha value is -2.85. The fraction of sp³-hybridized carbons (Fsp3) is 0.444. The van der Waals surface area contributed by atoms with Gasteiger partial charge in [-0.2, -0.15) is 0 Å². The first kappa shape index (κ1) is 28.2. The number of hydrogen-bond donors (Lipinski definition) is 2. The Bertz CT molecular complexity index is 1220. The van der Waals surface area contributed by atoms with E-state index in [0.717, 1.165) is 10.5 Å². The summed E-state index contributed by atoms with van der Waals surface area (Å²) in [5.41, 5.74) is 0.808. The van der Waals surface area contributed by atoms with E-state index in [1.807, 2.05) is 0 Å². The third kappa shape index (κ3) is 7.17. The fourth-order valence-electron chi connectivity index (χ4n) is 4.37. The van der Waals surface area contributed by atoms with Crippen molar-refractivity contribution < 1.29 is 27.9 Å². The molecular formula is C27H30ClF2N3O4S. The lowest BCUT2D eigenvalue weighted by atomic mass is 10.1. The molecule has 0 unspecified atom stereocenters. The second-order valence-electron chi connectivity index (χ2n) is 10.5. The van der Waals surface area contributed by atoms with E-state index in [9.17, 15) is 23.2 Å². The predicted molar refractivity (Wildman–Crippen MR) is 143 cm³/mol. The predicted octanol–water partition coefficient (Wildman–Crippen LogP) is 5.79. The van der Waals surface area contributed by atoms with E-state index in [-0.39, 0.29) is 36.6 Å². The van der Waals surface area contributed by atoms with Crippen molar-refractivity contribution in [3.63, 3.8) is 0 Å². The second kappa shape index (κ2) is 11.1. The van der Waals surface area contributed by atoms with E-state index in [1.165, 1.54) is 16.7 Å². The van der Waals surface area contributed by atoms with Crippen LogP contribution in [-0.2, 0) is 16.1 Å². The third-order valence-corrected chi connectivity index (χ3v) is 7.57. The minimum Gasteiger partial charge on any atom is -0.444 e. The van der Waals surface area contributed by atoms with Crippen molar-refractivity contribution in [2.45, 2.75) is 75.1 Å². The van der Waals surface area contributed by atoms with Crippen molar-refractivity contribution >= 4 is 47.0 Å². The summed E-state index contributed by atoms with van der Waals surface area (Å²) in [6.45, 7) is 5.37. The van der Waals surface area contributed by atoms with Crippen molar-refractivity contribution in [2.24, 2.45) is 0 Å². The summed E-state index contributed by atoms with van der Waals surface area (Å²) in [5, 5.41) is 5.92. The molecule has 4 rings (SSSR count). The monoisotopic (exact) mass is 565 g/mol. The Labute approximate surface area is 229 Å². The summed E-state index contributed by atoms with van der Waals surface area (Å²) in [6.07, 6.45) is -1.15. The number of nitrogens with zero attached hydrogens (tertiary/aromatic N) is 1. The fourth-order valence-corrected chi connectivity index (χ4v) is 5.55. The standard InChI is InChI=1S/C27H30ClF2N3O4S/c1-26(2,3)37-25(36)32-20-15-38-22-9-6-17(23(34)31-19-10-11-27(29,30)13-19)12-21(22)33(24(20)35)14-16-4-7-18(28)8-5-16/h4-9,12,19-20H,10-11,13-15H2,1-3H3,(H,31,34)(H,32,36)/t19-,20+/m1/s1. The van der Waals surface area contributed by atoms with E-state index in [2.05, 4.69) is 10.6 Å². The summed E-state index contributed by atoms with van der Waals surface area (Å²) in [7, 11) is 0. The molecule has 2 aromatic carbocycles. The molecule has 2 N–H and O–H groups in total. The van der Waals surface area contributed by atoms with Crippen molar-refractivity contribution in [3.05, 3.63) is 58.6 Å². The van der Waals surface area contributed by atoms with Gasteiger partial charge in [0, 0.05) is 40.1 Å². The zero-order valence-electron chi connectivity index (χ0n) is 21.4. The van der Waals surface area contributed by atoms with Gasteiger partial charge in [0.15, 0.2) is 0 Å². The highest BCUT2D eigenvalue weighted by Gasteiger charge is 2.40. The summed E-state index contributed by atoms with van der Waals surface area (Å²) in [6, 6.07) is 10.5. The van der Waals surface area contributed by atoms with Gasteiger partial charge < -0.3 is 20.3 Å². The van der Waals surface area contributed by atoms with Crippen LogP contribution in [0.2, 0.25) is 5.02 Å². The van der Waals surface area contributed by atoms with Crippen molar-refractivity contribution in [3.8, 4) is 0 Å². The van der Waals surface area contributed by atoms with Crippen LogP contribution in [0.25, 0.3) is 0 Å². The van der Waals surface area contributed by atoms with E-state index in [1.54, 1.807) is 63.2 Å². The minimum atomic E-state index is -2.78. The highest BCUT2D eigenvalue weighted by Crippen LogP contribution is 2.37. The zero-order valence-corrected chi connectivity index (χ0v) is 22.9. The number of alkyl carbamates (subject to hydrolysis) is 1. The third-order valence-electron chi connectivity index (χ3n) is 6.17. The number of hydrogen-bond acceptors (Lipinski definition) is 5. The quantitative estimate of drug-likeness (QED) is 0.479. The van der Waals surface area contributed by atoms with E-state index in [0.29, 0.717) is 10.7 Å². The SMILES string of the molecule is CC(C)(C)OC(=O)N[C@H]1CSc2ccc(C(=O)N[C@@H]3CCC(F)(F)C3)cc2N(Cc2ccc(Cl)cc2)C1=O. The van der Waals surface area contributed by atoms with Crippen molar-refractivity contribution in [2.75, 3.05) is 10.7 Å². The number of alkyl halides is 2. The van der Waals surface area contributed by atoms with Crippen LogP contribution in [0.4, 0.5) is 19.3 Å². The van der Waals surface area contributed by atoms with Crippen LogP contribution in [0.1, 0.15) is 56.0 Å². The van der Waals surface area contributed by atoms with Crippen molar-refractivity contribution in [1.82, 2.24) is 10.6 Å². The number of ether oxygens (including phenoxy) is 1. The molecule has 0 saturated heterocycles. The highest BCUT2D eigenvalue weighted by atomic mass is 35.5. The second-order valence-corrected chi connectivity index (χ2v) is 12.0. The molecule has 1 aliphatic carbocycles. The first-order chi connectivity index (χ1) is 17.8. The molecule has 1 heterocycles. The van der Waals surface area contributed by atoms with Crippen LogP contribution in [0.5, 0.6) is 0 Å². The first-order valence-corrected chi connectivity index (χ1v) is 13.7. The maximum Gasteiger partial charge on any atom is 0.408 e. The lowest BCUT2D eigenvalue weighted by molar-refractivity contribution is -0.120. The largest absolute Gasteiger partial charge is 0.444 e. The van der Waals surface area contributed by atoms with E-state index < -0.39 is 42.0 Å². The lowest BCUT2D eigenvalue weighted by Crippen LogP contribution is -2.50. The molecule has 1 aliphatic heterocycles. The van der Waals surface area contributed by atoms with Gasteiger partial charge in [-0.3, -0.25) is 9.59 Å². The summed E-state index contributed by atoms with van der Waals surface area (Å²) in [4.78, 5) is 41.4. The molecule has 2 aromatic rings. The maximum absolute atomic E-state index is 13.7. The Kier molecular flexibility index (Phi) is 8.23. The average molecular weight is 566 g/mol. The van der Waals surface area contributed by atoms with Gasteiger partial charge in [-0.25, -0.2) is 13.6 Å². The van der Waals surface area contributed by atoms with Gasteiger partial charge in [-0.1, -0.05) is 23.7 Å². The summed E-state index contributed by atoms with van der Waals surface area (Å²) < 4.78 is 32.6. The molecule has 0 aromatic heterocycles. The molecule has 7 nitrogen and oxygen atoms in total. The Morgan fingerprint density at radius 1 is 1.16 bits per heavy atom. The van der Waals surface area contributed by atoms with Gasteiger partial charge >= 0.3 is 6.09 Å². The summed E-state index contributed by atoms with van der Waals surface area (Å²) >= 11 is 7.40. The minimum absolute atomic E-state index is 0.163. The molecule has 1 fully saturated rings. The Balaban J connectivity index is 1.61. The van der Waals surface area contributed by atoms with Gasteiger partial charge in [0.2, 0.25) is 5.92 Å². The number of carbonyl (C=O) groups excluding carboxylic acids is 3. The molecule has 0 bridgehead atoms. The lowest BCUT2D eigenvalue weighted by Gasteiger charge is -2.27. The topological polar surface area (TPSA) is 87.7 Å². The van der Waals surface area contributed by atoms with Crippen molar-refractivity contribution in [1.29, 1.82) is 0 Å². The zero-order chi connectivity index (χ0) is 27.7.